The van der Waals surface area contributed by atoms with Crippen LogP contribution in [0.2, 0.25) is 0 Å². The fourth-order valence-electron chi connectivity index (χ4n) is 3.33. The summed E-state index contributed by atoms with van der Waals surface area (Å²) in [5.74, 6) is 1.87. The van der Waals surface area contributed by atoms with Crippen molar-refractivity contribution in [3.63, 3.8) is 0 Å². The predicted octanol–water partition coefficient (Wildman–Crippen LogP) is 4.65. The van der Waals surface area contributed by atoms with Gasteiger partial charge in [-0.05, 0) is 84.6 Å². The molecule has 0 N–H and O–H groups in total. The van der Waals surface area contributed by atoms with Gasteiger partial charge < -0.3 is 9.80 Å². The number of unbranched alkanes of at least 4 members (excludes halogenated alkanes) is 4. The SMILES string of the molecule is CC(C)C1CCN(CCCCCCCN(C)C(C)C)CC1. The van der Waals surface area contributed by atoms with Crippen molar-refractivity contribution in [2.45, 2.75) is 78.7 Å². The zero-order chi connectivity index (χ0) is 15.7. The lowest BCUT2D eigenvalue weighted by Crippen LogP contribution is -2.35. The standard InChI is InChI=1S/C19H40N2/c1-17(2)19-11-15-21(16-12-19)14-10-8-6-7-9-13-20(5)18(3)4/h17-19H,6-16H2,1-5H3. The third-order valence-electron chi connectivity index (χ3n) is 5.44. The third kappa shape index (κ3) is 8.21. The van der Waals surface area contributed by atoms with Gasteiger partial charge in [-0.25, -0.2) is 0 Å². The number of piperidine rings is 1. The zero-order valence-corrected chi connectivity index (χ0v) is 15.4. The van der Waals surface area contributed by atoms with Gasteiger partial charge in [0.05, 0.1) is 0 Å². The highest BCUT2D eigenvalue weighted by molar-refractivity contribution is 4.74. The van der Waals surface area contributed by atoms with Crippen LogP contribution < -0.4 is 0 Å². The van der Waals surface area contributed by atoms with Crippen molar-refractivity contribution >= 4 is 0 Å². The molecular weight excluding hydrogens is 256 g/mol. The van der Waals surface area contributed by atoms with Crippen LogP contribution in [0.5, 0.6) is 0 Å². The first-order valence-electron chi connectivity index (χ1n) is 9.43. The Hall–Kier alpha value is -0.0800. The first-order chi connectivity index (χ1) is 10.0. The Bertz CT molecular complexity index is 242. The summed E-state index contributed by atoms with van der Waals surface area (Å²) >= 11 is 0. The molecule has 1 aliphatic rings. The molecule has 0 amide bonds. The Morgan fingerprint density at radius 2 is 1.48 bits per heavy atom. The van der Waals surface area contributed by atoms with Crippen LogP contribution in [0.3, 0.4) is 0 Å². The third-order valence-corrected chi connectivity index (χ3v) is 5.44. The van der Waals surface area contributed by atoms with E-state index in [2.05, 4.69) is 44.5 Å². The van der Waals surface area contributed by atoms with Gasteiger partial charge in [0.1, 0.15) is 0 Å². The van der Waals surface area contributed by atoms with E-state index in [1.165, 1.54) is 71.1 Å². The molecule has 21 heavy (non-hydrogen) atoms. The average Bonchev–Trinajstić information content (AvgIpc) is 2.46. The zero-order valence-electron chi connectivity index (χ0n) is 15.4. The highest BCUT2D eigenvalue weighted by atomic mass is 15.1. The minimum atomic E-state index is 0.693. The largest absolute Gasteiger partial charge is 0.304 e. The van der Waals surface area contributed by atoms with Crippen LogP contribution >= 0.6 is 0 Å². The van der Waals surface area contributed by atoms with E-state index >= 15 is 0 Å². The number of likely N-dealkylation sites (tertiary alicyclic amines) is 1. The van der Waals surface area contributed by atoms with E-state index in [1.54, 1.807) is 0 Å². The van der Waals surface area contributed by atoms with Crippen molar-refractivity contribution in [2.24, 2.45) is 11.8 Å². The van der Waals surface area contributed by atoms with E-state index in [0.717, 1.165) is 11.8 Å². The minimum absolute atomic E-state index is 0.693. The summed E-state index contributed by atoms with van der Waals surface area (Å²) in [5, 5.41) is 0. The van der Waals surface area contributed by atoms with Crippen molar-refractivity contribution < 1.29 is 0 Å². The predicted molar refractivity (Wildman–Crippen MR) is 94.9 cm³/mol. The molecule has 0 aromatic carbocycles. The van der Waals surface area contributed by atoms with Gasteiger partial charge in [-0.3, -0.25) is 0 Å². The summed E-state index contributed by atoms with van der Waals surface area (Å²) in [7, 11) is 2.24. The summed E-state index contributed by atoms with van der Waals surface area (Å²) < 4.78 is 0. The molecule has 1 fully saturated rings. The second-order valence-electron chi connectivity index (χ2n) is 7.77. The molecule has 2 nitrogen and oxygen atoms in total. The van der Waals surface area contributed by atoms with Crippen molar-refractivity contribution in [3.05, 3.63) is 0 Å². The van der Waals surface area contributed by atoms with E-state index < -0.39 is 0 Å². The normalized spacial score (nSPS) is 18.3. The van der Waals surface area contributed by atoms with Crippen LogP contribution in [0.4, 0.5) is 0 Å². The quantitative estimate of drug-likeness (QED) is 0.542. The monoisotopic (exact) mass is 296 g/mol. The molecule has 0 radical (unpaired) electrons. The second kappa shape index (κ2) is 10.6. The van der Waals surface area contributed by atoms with Gasteiger partial charge in [0.25, 0.3) is 0 Å². The Balaban J connectivity index is 1.91. The van der Waals surface area contributed by atoms with Crippen LogP contribution in [-0.4, -0.2) is 49.1 Å². The van der Waals surface area contributed by atoms with E-state index in [0.29, 0.717) is 6.04 Å². The molecular formula is C19H40N2. The van der Waals surface area contributed by atoms with Crippen LogP contribution in [0.1, 0.15) is 72.6 Å². The van der Waals surface area contributed by atoms with Crippen LogP contribution in [0.25, 0.3) is 0 Å². The summed E-state index contributed by atoms with van der Waals surface area (Å²) in [4.78, 5) is 5.16. The van der Waals surface area contributed by atoms with Crippen LogP contribution in [0.15, 0.2) is 0 Å². The number of hydrogen-bond donors (Lipinski definition) is 0. The minimum Gasteiger partial charge on any atom is -0.304 e. The molecule has 0 aliphatic carbocycles. The number of rotatable bonds is 10. The Morgan fingerprint density at radius 1 is 0.905 bits per heavy atom. The Kier molecular flexibility index (Phi) is 9.59. The molecule has 0 saturated carbocycles. The first kappa shape index (κ1) is 19.0. The summed E-state index contributed by atoms with van der Waals surface area (Å²) in [6, 6.07) is 0.693. The number of hydrogen-bond acceptors (Lipinski definition) is 2. The van der Waals surface area contributed by atoms with Crippen LogP contribution in [-0.2, 0) is 0 Å². The smallest absolute Gasteiger partial charge is 0.00355 e. The van der Waals surface area contributed by atoms with Gasteiger partial charge in [0, 0.05) is 6.04 Å². The highest BCUT2D eigenvalue weighted by Gasteiger charge is 2.20. The van der Waals surface area contributed by atoms with Gasteiger partial charge in [0.2, 0.25) is 0 Å². The maximum atomic E-state index is 2.70. The summed E-state index contributed by atoms with van der Waals surface area (Å²) in [6.45, 7) is 14.6. The van der Waals surface area contributed by atoms with E-state index in [-0.39, 0.29) is 0 Å². The second-order valence-corrected chi connectivity index (χ2v) is 7.77. The molecule has 0 unspecified atom stereocenters. The van der Waals surface area contributed by atoms with Gasteiger partial charge in [0.15, 0.2) is 0 Å². The van der Waals surface area contributed by atoms with Gasteiger partial charge in [-0.2, -0.15) is 0 Å². The maximum absolute atomic E-state index is 2.70. The lowest BCUT2D eigenvalue weighted by Gasteiger charge is -2.33. The van der Waals surface area contributed by atoms with Gasteiger partial charge >= 0.3 is 0 Å². The fourth-order valence-corrected chi connectivity index (χ4v) is 3.33. The van der Waals surface area contributed by atoms with Crippen LogP contribution in [0, 0.1) is 11.8 Å². The van der Waals surface area contributed by atoms with Crippen molar-refractivity contribution in [1.82, 2.24) is 9.80 Å². The Morgan fingerprint density at radius 3 is 2.05 bits per heavy atom. The molecule has 0 atom stereocenters. The van der Waals surface area contributed by atoms with Gasteiger partial charge in [-0.1, -0.05) is 33.1 Å². The first-order valence-corrected chi connectivity index (χ1v) is 9.43. The molecule has 0 aromatic heterocycles. The molecule has 0 bridgehead atoms. The molecule has 1 rings (SSSR count). The molecule has 1 aliphatic heterocycles. The molecule has 2 heteroatoms. The summed E-state index contributed by atoms with van der Waals surface area (Å²) in [5.41, 5.74) is 0. The Labute approximate surface area is 134 Å². The molecule has 0 spiro atoms. The van der Waals surface area contributed by atoms with E-state index in [4.69, 9.17) is 0 Å². The van der Waals surface area contributed by atoms with Crippen molar-refractivity contribution in [1.29, 1.82) is 0 Å². The molecule has 126 valence electrons. The molecule has 0 aromatic rings. The van der Waals surface area contributed by atoms with Gasteiger partial charge in [-0.15, -0.1) is 0 Å². The van der Waals surface area contributed by atoms with Crippen molar-refractivity contribution in [2.75, 3.05) is 33.2 Å². The van der Waals surface area contributed by atoms with E-state index in [1.807, 2.05) is 0 Å². The molecule has 1 saturated heterocycles. The van der Waals surface area contributed by atoms with Crippen molar-refractivity contribution in [3.8, 4) is 0 Å². The van der Waals surface area contributed by atoms with E-state index in [9.17, 15) is 0 Å². The maximum Gasteiger partial charge on any atom is 0.00355 e. The fraction of sp³-hybridized carbons (Fsp3) is 1.00. The summed E-state index contributed by atoms with van der Waals surface area (Å²) in [6.07, 6.45) is 9.90. The highest BCUT2D eigenvalue weighted by Crippen LogP contribution is 2.24. The lowest BCUT2D eigenvalue weighted by atomic mass is 9.87. The molecule has 1 heterocycles. The topological polar surface area (TPSA) is 6.48 Å². The average molecular weight is 297 g/mol. The lowest BCUT2D eigenvalue weighted by molar-refractivity contribution is 0.155. The number of nitrogens with zero attached hydrogens (tertiary/aromatic N) is 2.